The summed E-state index contributed by atoms with van der Waals surface area (Å²) in [6.07, 6.45) is 1.63. The summed E-state index contributed by atoms with van der Waals surface area (Å²) in [6.45, 7) is 12.4. The van der Waals surface area contributed by atoms with Gasteiger partial charge in [0.25, 0.3) is 0 Å². The Morgan fingerprint density at radius 2 is 1.97 bits per heavy atom. The number of aryl methyl sites for hydroxylation is 2. The van der Waals surface area contributed by atoms with Gasteiger partial charge in [-0.05, 0) is 38.8 Å². The Morgan fingerprint density at radius 3 is 2.62 bits per heavy atom. The summed E-state index contributed by atoms with van der Waals surface area (Å²) in [5, 5.41) is 10.6. The Kier molecular flexibility index (Phi) is 11.6. The van der Waals surface area contributed by atoms with Crippen molar-refractivity contribution < 1.29 is 9.26 Å². The Balaban J connectivity index is 0.00000420. The summed E-state index contributed by atoms with van der Waals surface area (Å²) in [4.78, 5) is 9.03. The number of ether oxygens (including phenoxy) is 1. The van der Waals surface area contributed by atoms with Crippen LogP contribution in [0.3, 0.4) is 0 Å². The molecule has 0 spiro atoms. The number of hydrogen-bond acceptors (Lipinski definition) is 5. The first kappa shape index (κ1) is 25.2. The lowest BCUT2D eigenvalue weighted by molar-refractivity contribution is 0.228. The van der Waals surface area contributed by atoms with Gasteiger partial charge in [0.15, 0.2) is 11.8 Å². The largest absolute Gasteiger partial charge is 0.489 e. The SMILES string of the molecule is CCNC(=NCC(C)Oc1ccccc1C)NCCCc1nc(C(C)C)no1.I. The monoisotopic (exact) mass is 515 g/mol. The summed E-state index contributed by atoms with van der Waals surface area (Å²) >= 11 is 0. The van der Waals surface area contributed by atoms with E-state index in [-0.39, 0.29) is 36.0 Å². The quantitative estimate of drug-likeness (QED) is 0.215. The molecule has 29 heavy (non-hydrogen) atoms. The molecule has 8 heteroatoms. The summed E-state index contributed by atoms with van der Waals surface area (Å²) in [7, 11) is 0. The Bertz CT molecular complexity index is 748. The molecule has 0 radical (unpaired) electrons. The van der Waals surface area contributed by atoms with E-state index in [4.69, 9.17) is 9.26 Å². The summed E-state index contributed by atoms with van der Waals surface area (Å²) < 4.78 is 11.3. The lowest BCUT2D eigenvalue weighted by Crippen LogP contribution is -2.38. The molecular weight excluding hydrogens is 481 g/mol. The number of benzene rings is 1. The molecule has 1 atom stereocenters. The van der Waals surface area contributed by atoms with Crippen LogP contribution in [0.5, 0.6) is 5.75 Å². The van der Waals surface area contributed by atoms with Crippen LogP contribution < -0.4 is 15.4 Å². The minimum Gasteiger partial charge on any atom is -0.489 e. The molecule has 1 unspecified atom stereocenters. The number of para-hydroxylation sites is 1. The van der Waals surface area contributed by atoms with E-state index in [1.165, 1.54) is 0 Å². The highest BCUT2D eigenvalue weighted by Gasteiger charge is 2.09. The average Bonchev–Trinajstić information content (AvgIpc) is 3.14. The van der Waals surface area contributed by atoms with Crippen molar-refractivity contribution in [2.24, 2.45) is 4.99 Å². The number of halogens is 1. The van der Waals surface area contributed by atoms with Gasteiger partial charge in [-0.3, -0.25) is 0 Å². The van der Waals surface area contributed by atoms with Crippen LogP contribution >= 0.6 is 24.0 Å². The molecule has 2 N–H and O–H groups in total. The minimum absolute atomic E-state index is 0. The van der Waals surface area contributed by atoms with Crippen molar-refractivity contribution in [2.75, 3.05) is 19.6 Å². The number of rotatable bonds is 10. The summed E-state index contributed by atoms with van der Waals surface area (Å²) in [6, 6.07) is 8.03. The molecular formula is C21H34IN5O2. The van der Waals surface area contributed by atoms with Crippen LogP contribution in [0.4, 0.5) is 0 Å². The van der Waals surface area contributed by atoms with Crippen molar-refractivity contribution in [1.29, 1.82) is 0 Å². The van der Waals surface area contributed by atoms with Crippen molar-refractivity contribution in [3.63, 3.8) is 0 Å². The number of guanidine groups is 1. The van der Waals surface area contributed by atoms with E-state index in [0.717, 1.165) is 49.0 Å². The highest BCUT2D eigenvalue weighted by Crippen LogP contribution is 2.17. The van der Waals surface area contributed by atoms with Gasteiger partial charge in [0.1, 0.15) is 11.9 Å². The number of nitrogens with zero attached hydrogens (tertiary/aromatic N) is 3. The third-order valence-electron chi connectivity index (χ3n) is 4.13. The molecule has 0 bridgehead atoms. The second kappa shape index (κ2) is 13.4. The van der Waals surface area contributed by atoms with E-state index in [9.17, 15) is 0 Å². The molecule has 1 aromatic carbocycles. The van der Waals surface area contributed by atoms with Gasteiger partial charge in [-0.25, -0.2) is 4.99 Å². The van der Waals surface area contributed by atoms with Crippen LogP contribution in [0.25, 0.3) is 0 Å². The molecule has 0 amide bonds. The molecule has 162 valence electrons. The van der Waals surface area contributed by atoms with Crippen molar-refractivity contribution >= 4 is 29.9 Å². The molecule has 2 aromatic rings. The predicted octanol–water partition coefficient (Wildman–Crippen LogP) is 4.07. The first-order valence-corrected chi connectivity index (χ1v) is 10.1. The first-order valence-electron chi connectivity index (χ1n) is 10.1. The van der Waals surface area contributed by atoms with Gasteiger partial charge in [0.2, 0.25) is 5.89 Å². The van der Waals surface area contributed by atoms with Crippen molar-refractivity contribution in [1.82, 2.24) is 20.8 Å². The van der Waals surface area contributed by atoms with Crippen LogP contribution in [-0.2, 0) is 6.42 Å². The maximum atomic E-state index is 5.99. The standard InChI is InChI=1S/C21H33N5O2.HI/c1-6-22-21(23-13-9-12-19-25-20(15(2)3)26-28-19)24-14-17(5)27-18-11-8-7-10-16(18)4;/h7-8,10-11,15,17H,6,9,12-14H2,1-5H3,(H2,22,23,24);1H. The average molecular weight is 515 g/mol. The van der Waals surface area contributed by atoms with Gasteiger partial charge in [0, 0.05) is 25.4 Å². The van der Waals surface area contributed by atoms with Crippen molar-refractivity contribution in [3.8, 4) is 5.75 Å². The second-order valence-electron chi connectivity index (χ2n) is 7.14. The maximum Gasteiger partial charge on any atom is 0.226 e. The molecule has 1 heterocycles. The van der Waals surface area contributed by atoms with E-state index in [1.807, 2.05) is 38.1 Å². The molecule has 0 saturated heterocycles. The van der Waals surface area contributed by atoms with Gasteiger partial charge < -0.3 is 19.9 Å². The fraction of sp³-hybridized carbons (Fsp3) is 0.571. The van der Waals surface area contributed by atoms with Gasteiger partial charge >= 0.3 is 0 Å². The normalized spacial score (nSPS) is 12.4. The van der Waals surface area contributed by atoms with E-state index in [0.29, 0.717) is 12.4 Å². The molecule has 0 aliphatic rings. The van der Waals surface area contributed by atoms with Crippen LogP contribution in [0.2, 0.25) is 0 Å². The molecule has 0 aliphatic carbocycles. The Hall–Kier alpha value is -1.84. The molecule has 0 fully saturated rings. The molecule has 0 aliphatic heterocycles. The highest BCUT2D eigenvalue weighted by atomic mass is 127. The summed E-state index contributed by atoms with van der Waals surface area (Å²) in [5.74, 6) is 3.43. The number of nitrogens with one attached hydrogen (secondary N) is 2. The zero-order valence-corrected chi connectivity index (χ0v) is 20.4. The molecule has 2 rings (SSSR count). The van der Waals surface area contributed by atoms with Gasteiger partial charge in [-0.15, -0.1) is 24.0 Å². The number of hydrogen-bond donors (Lipinski definition) is 2. The fourth-order valence-electron chi connectivity index (χ4n) is 2.55. The Labute approximate surface area is 191 Å². The molecule has 0 saturated carbocycles. The van der Waals surface area contributed by atoms with E-state index < -0.39 is 0 Å². The maximum absolute atomic E-state index is 5.99. The zero-order chi connectivity index (χ0) is 20.4. The van der Waals surface area contributed by atoms with E-state index in [1.54, 1.807) is 0 Å². The van der Waals surface area contributed by atoms with Gasteiger partial charge in [0.05, 0.1) is 6.54 Å². The van der Waals surface area contributed by atoms with Crippen molar-refractivity contribution in [2.45, 2.75) is 59.5 Å². The molecule has 7 nitrogen and oxygen atoms in total. The highest BCUT2D eigenvalue weighted by molar-refractivity contribution is 14.0. The molecule has 1 aromatic heterocycles. The van der Waals surface area contributed by atoms with Crippen LogP contribution in [-0.4, -0.2) is 41.8 Å². The zero-order valence-electron chi connectivity index (χ0n) is 18.1. The number of aromatic nitrogens is 2. The smallest absolute Gasteiger partial charge is 0.226 e. The first-order chi connectivity index (χ1) is 13.5. The van der Waals surface area contributed by atoms with Gasteiger partial charge in [-0.1, -0.05) is 37.2 Å². The second-order valence-corrected chi connectivity index (χ2v) is 7.14. The topological polar surface area (TPSA) is 84.6 Å². The van der Waals surface area contributed by atoms with Crippen LogP contribution in [0.1, 0.15) is 57.3 Å². The van der Waals surface area contributed by atoms with Crippen LogP contribution in [0, 0.1) is 6.92 Å². The van der Waals surface area contributed by atoms with E-state index >= 15 is 0 Å². The minimum atomic E-state index is -0.00981. The lowest BCUT2D eigenvalue weighted by Gasteiger charge is -2.16. The predicted molar refractivity (Wildman–Crippen MR) is 127 cm³/mol. The van der Waals surface area contributed by atoms with E-state index in [2.05, 4.69) is 46.5 Å². The Morgan fingerprint density at radius 1 is 1.21 bits per heavy atom. The van der Waals surface area contributed by atoms with Gasteiger partial charge in [-0.2, -0.15) is 4.98 Å². The summed E-state index contributed by atoms with van der Waals surface area (Å²) in [5.41, 5.74) is 1.13. The third-order valence-corrected chi connectivity index (χ3v) is 4.13. The van der Waals surface area contributed by atoms with Crippen molar-refractivity contribution in [3.05, 3.63) is 41.5 Å². The third kappa shape index (κ3) is 9.01. The van der Waals surface area contributed by atoms with Crippen LogP contribution in [0.15, 0.2) is 33.8 Å². The fourth-order valence-corrected chi connectivity index (χ4v) is 2.55. The lowest BCUT2D eigenvalue weighted by atomic mass is 10.2. The number of aliphatic imine (C=N–C) groups is 1.